The number of rotatable bonds is 12. The maximum Gasteiger partial charge on any atom is 0.220 e. The molecule has 0 unspecified atom stereocenters. The second-order valence-corrected chi connectivity index (χ2v) is 7.92. The Balaban J connectivity index is 4.73. The third-order valence-corrected chi connectivity index (χ3v) is 7.41. The molecule has 0 amide bonds. The number of unbranched alkanes of at least 4 members (excludes halogenated alkanes) is 3. The molecule has 0 spiro atoms. The molecule has 0 aliphatic carbocycles. The van der Waals surface area contributed by atoms with Gasteiger partial charge in [0, 0.05) is 32.3 Å². The van der Waals surface area contributed by atoms with Gasteiger partial charge in [-0.25, -0.2) is 9.34 Å². The van der Waals surface area contributed by atoms with E-state index in [0.29, 0.717) is 6.16 Å². The Morgan fingerprint density at radius 2 is 1.30 bits per heavy atom. The summed E-state index contributed by atoms with van der Waals surface area (Å²) < 4.78 is 17.7. The Labute approximate surface area is 126 Å². The zero-order valence-electron chi connectivity index (χ0n) is 14.3. The molecular formula is C16H35N2OP. The van der Waals surface area contributed by atoms with E-state index in [0.717, 1.165) is 32.6 Å². The minimum absolute atomic E-state index is 0.683. The zero-order chi connectivity index (χ0) is 15.4. The lowest BCUT2D eigenvalue weighted by molar-refractivity contribution is 0.362. The van der Waals surface area contributed by atoms with Crippen LogP contribution in [0.5, 0.6) is 0 Å². The van der Waals surface area contributed by atoms with Crippen LogP contribution in [0.25, 0.3) is 0 Å². The highest BCUT2D eigenvalue weighted by molar-refractivity contribution is 7.59. The summed E-state index contributed by atoms with van der Waals surface area (Å²) in [5, 5.41) is 0. The second kappa shape index (κ2) is 11.5. The molecule has 0 N–H and O–H groups in total. The van der Waals surface area contributed by atoms with E-state index in [1.807, 2.05) is 0 Å². The first-order valence-electron chi connectivity index (χ1n) is 8.35. The number of allylic oxidation sites excluding steroid dienone is 2. The third-order valence-electron chi connectivity index (χ3n) is 3.83. The largest absolute Gasteiger partial charge is 0.288 e. The highest BCUT2D eigenvalue weighted by Crippen LogP contribution is 2.52. The van der Waals surface area contributed by atoms with Gasteiger partial charge in [-0.3, -0.25) is 4.57 Å². The zero-order valence-corrected chi connectivity index (χ0v) is 15.2. The van der Waals surface area contributed by atoms with Gasteiger partial charge in [0.05, 0.1) is 0 Å². The predicted molar refractivity (Wildman–Crippen MR) is 91.6 cm³/mol. The van der Waals surface area contributed by atoms with Gasteiger partial charge in [-0.15, -0.1) is 0 Å². The molecular weight excluding hydrogens is 267 g/mol. The van der Waals surface area contributed by atoms with Crippen molar-refractivity contribution in [1.82, 2.24) is 9.34 Å². The highest BCUT2D eigenvalue weighted by atomic mass is 31.2. The van der Waals surface area contributed by atoms with E-state index >= 15 is 0 Å². The summed E-state index contributed by atoms with van der Waals surface area (Å²) in [5.74, 6) is 0. The van der Waals surface area contributed by atoms with E-state index in [1.54, 1.807) is 0 Å². The fraction of sp³-hybridized carbons (Fsp3) is 0.875. The molecule has 0 atom stereocenters. The summed E-state index contributed by atoms with van der Waals surface area (Å²) in [6.07, 6.45) is 9.95. The molecule has 0 bridgehead atoms. The van der Waals surface area contributed by atoms with Crippen LogP contribution in [0.4, 0.5) is 0 Å². The maximum absolute atomic E-state index is 13.4. The summed E-state index contributed by atoms with van der Waals surface area (Å²) >= 11 is 0. The van der Waals surface area contributed by atoms with E-state index in [1.165, 1.54) is 19.3 Å². The quantitative estimate of drug-likeness (QED) is 0.288. The first-order chi connectivity index (χ1) is 9.60. The Bertz CT molecular complexity index is 281. The maximum atomic E-state index is 13.4. The summed E-state index contributed by atoms with van der Waals surface area (Å²) in [5.41, 5.74) is 0. The van der Waals surface area contributed by atoms with Crippen molar-refractivity contribution >= 4 is 7.44 Å². The monoisotopic (exact) mass is 302 g/mol. The summed E-state index contributed by atoms with van der Waals surface area (Å²) in [7, 11) is -2.42. The van der Waals surface area contributed by atoms with Crippen molar-refractivity contribution in [1.29, 1.82) is 0 Å². The van der Waals surface area contributed by atoms with Crippen molar-refractivity contribution in [2.45, 2.75) is 60.3 Å². The standard InChI is InChI=1S/C16H35N2OP/c1-6-11-12-13-14-15-16-20(19,17(7-2)8-3)18(9-4)10-5/h14-15H,6-13,16H2,1-5H3. The Kier molecular flexibility index (Phi) is 11.5. The van der Waals surface area contributed by atoms with E-state index in [-0.39, 0.29) is 0 Å². The van der Waals surface area contributed by atoms with Crippen LogP contribution in [0.1, 0.15) is 60.3 Å². The summed E-state index contributed by atoms with van der Waals surface area (Å²) in [6.45, 7) is 14.0. The number of hydrogen-bond donors (Lipinski definition) is 0. The second-order valence-electron chi connectivity index (χ2n) is 5.09. The van der Waals surface area contributed by atoms with E-state index in [4.69, 9.17) is 0 Å². The van der Waals surface area contributed by atoms with Crippen molar-refractivity contribution in [3.8, 4) is 0 Å². The predicted octanol–water partition coefficient (Wildman–Crippen LogP) is 5.00. The van der Waals surface area contributed by atoms with Crippen molar-refractivity contribution in [2.75, 3.05) is 32.3 Å². The summed E-state index contributed by atoms with van der Waals surface area (Å²) in [6, 6.07) is 0. The lowest BCUT2D eigenvalue weighted by Crippen LogP contribution is -2.33. The van der Waals surface area contributed by atoms with Crippen LogP contribution in [0, 0.1) is 0 Å². The molecule has 120 valence electrons. The summed E-state index contributed by atoms with van der Waals surface area (Å²) in [4.78, 5) is 0. The molecule has 0 aliphatic heterocycles. The molecule has 0 saturated carbocycles. The minimum atomic E-state index is -2.42. The van der Waals surface area contributed by atoms with Gasteiger partial charge in [0.25, 0.3) is 0 Å². The molecule has 0 rings (SSSR count). The van der Waals surface area contributed by atoms with Gasteiger partial charge in [0.1, 0.15) is 0 Å². The third kappa shape index (κ3) is 6.11. The fourth-order valence-corrected chi connectivity index (χ4v) is 5.59. The molecule has 0 radical (unpaired) electrons. The first kappa shape index (κ1) is 19.9. The molecule has 0 aliphatic rings. The Morgan fingerprint density at radius 1 is 0.800 bits per heavy atom. The normalized spacial score (nSPS) is 12.9. The molecule has 3 nitrogen and oxygen atoms in total. The lowest BCUT2D eigenvalue weighted by atomic mass is 10.2. The molecule has 0 aromatic heterocycles. The van der Waals surface area contributed by atoms with Gasteiger partial charge in [0.15, 0.2) is 0 Å². The van der Waals surface area contributed by atoms with Gasteiger partial charge in [-0.2, -0.15) is 0 Å². The van der Waals surface area contributed by atoms with E-state index in [2.05, 4.69) is 56.1 Å². The average molecular weight is 302 g/mol. The fourth-order valence-electron chi connectivity index (χ4n) is 2.58. The lowest BCUT2D eigenvalue weighted by Gasteiger charge is -2.37. The molecule has 4 heteroatoms. The van der Waals surface area contributed by atoms with Crippen LogP contribution in [-0.4, -0.2) is 41.7 Å². The van der Waals surface area contributed by atoms with Crippen molar-refractivity contribution in [3.63, 3.8) is 0 Å². The molecule has 0 saturated heterocycles. The molecule has 0 aromatic carbocycles. The smallest absolute Gasteiger partial charge is 0.220 e. The molecule has 0 heterocycles. The van der Waals surface area contributed by atoms with Crippen LogP contribution < -0.4 is 0 Å². The van der Waals surface area contributed by atoms with Gasteiger partial charge in [-0.1, -0.05) is 59.6 Å². The van der Waals surface area contributed by atoms with Gasteiger partial charge < -0.3 is 0 Å². The highest BCUT2D eigenvalue weighted by Gasteiger charge is 2.32. The first-order valence-corrected chi connectivity index (χ1v) is 10.1. The minimum Gasteiger partial charge on any atom is -0.288 e. The van der Waals surface area contributed by atoms with Gasteiger partial charge >= 0.3 is 0 Å². The van der Waals surface area contributed by atoms with Crippen molar-refractivity contribution < 1.29 is 4.57 Å². The van der Waals surface area contributed by atoms with Gasteiger partial charge in [-0.05, 0) is 12.8 Å². The average Bonchev–Trinajstić information content (AvgIpc) is 2.45. The van der Waals surface area contributed by atoms with Crippen molar-refractivity contribution in [2.24, 2.45) is 0 Å². The van der Waals surface area contributed by atoms with Crippen LogP contribution in [0.3, 0.4) is 0 Å². The molecule has 20 heavy (non-hydrogen) atoms. The van der Waals surface area contributed by atoms with Crippen molar-refractivity contribution in [3.05, 3.63) is 12.2 Å². The number of hydrogen-bond acceptors (Lipinski definition) is 1. The Morgan fingerprint density at radius 3 is 1.70 bits per heavy atom. The Hall–Kier alpha value is -0.110. The molecule has 0 aromatic rings. The topological polar surface area (TPSA) is 23.6 Å². The van der Waals surface area contributed by atoms with Crippen LogP contribution in [0.2, 0.25) is 0 Å². The number of nitrogens with zero attached hydrogens (tertiary/aromatic N) is 2. The SMILES string of the molecule is CCCCCC=CCP(=O)(N(CC)CC)N(CC)CC. The van der Waals surface area contributed by atoms with Crippen LogP contribution in [-0.2, 0) is 4.57 Å². The van der Waals surface area contributed by atoms with Gasteiger partial charge in [0.2, 0.25) is 7.44 Å². The van der Waals surface area contributed by atoms with E-state index in [9.17, 15) is 4.57 Å². The molecule has 0 fully saturated rings. The van der Waals surface area contributed by atoms with Crippen LogP contribution >= 0.6 is 7.44 Å². The van der Waals surface area contributed by atoms with E-state index < -0.39 is 7.44 Å². The van der Waals surface area contributed by atoms with Crippen LogP contribution in [0.15, 0.2) is 12.2 Å².